The molecule has 2 aliphatic heterocycles. The van der Waals surface area contributed by atoms with Gasteiger partial charge in [-0.3, -0.25) is 4.68 Å². The van der Waals surface area contributed by atoms with Crippen LogP contribution in [0.15, 0.2) is 6.20 Å². The summed E-state index contributed by atoms with van der Waals surface area (Å²) in [6, 6.07) is 0.0470. The number of fused-ring (bicyclic) bond motifs is 2. The lowest BCUT2D eigenvalue weighted by Crippen LogP contribution is -2.36. The Labute approximate surface area is 193 Å². The number of anilines is 2. The summed E-state index contributed by atoms with van der Waals surface area (Å²) in [6.45, 7) is 1.64. The van der Waals surface area contributed by atoms with E-state index in [0.717, 1.165) is 25.7 Å². The van der Waals surface area contributed by atoms with Crippen molar-refractivity contribution in [1.82, 2.24) is 29.5 Å². The fraction of sp³-hybridized carbons (Fsp3) is 0.579. The predicted octanol–water partition coefficient (Wildman–Crippen LogP) is 1.70. The Bertz CT molecular complexity index is 1200. The topological polar surface area (TPSA) is 91.9 Å². The van der Waals surface area contributed by atoms with Crippen LogP contribution in [0, 0.1) is 0 Å². The minimum atomic E-state index is -1.67. The highest BCUT2D eigenvalue weighted by molar-refractivity contribution is 6.59. The van der Waals surface area contributed by atoms with E-state index >= 15 is 0 Å². The summed E-state index contributed by atoms with van der Waals surface area (Å²) in [5.74, 6) is 0.682. The van der Waals surface area contributed by atoms with Crippen LogP contribution in [0.25, 0.3) is 11.0 Å². The highest BCUT2D eigenvalue weighted by atomic mass is 35.5. The van der Waals surface area contributed by atoms with Crippen LogP contribution in [-0.4, -0.2) is 71.9 Å². The summed E-state index contributed by atoms with van der Waals surface area (Å²) < 4.78 is 15.6. The van der Waals surface area contributed by atoms with E-state index in [1.54, 1.807) is 10.9 Å². The fourth-order valence-corrected chi connectivity index (χ4v) is 4.86. The van der Waals surface area contributed by atoms with Crippen LogP contribution in [0.2, 0.25) is 5.15 Å². The summed E-state index contributed by atoms with van der Waals surface area (Å²) in [6.07, 6.45) is 6.03. The molecule has 3 aromatic rings. The quantitative estimate of drug-likeness (QED) is 0.601. The third-order valence-corrected chi connectivity index (χ3v) is 6.62. The molecule has 1 N–H and O–H groups in total. The van der Waals surface area contributed by atoms with Gasteiger partial charge in [0.15, 0.2) is 10.8 Å². The zero-order valence-electron chi connectivity index (χ0n) is 17.4. The van der Waals surface area contributed by atoms with Crippen molar-refractivity contribution in [2.24, 2.45) is 0 Å². The number of hydrogen-bond donors (Lipinski definition) is 1. The van der Waals surface area contributed by atoms with Gasteiger partial charge in [0.25, 0.3) is 5.88 Å². The van der Waals surface area contributed by atoms with Gasteiger partial charge < -0.3 is 14.8 Å². The lowest BCUT2D eigenvalue weighted by Gasteiger charge is -2.33. The van der Waals surface area contributed by atoms with Gasteiger partial charge in [-0.25, -0.2) is 9.67 Å². The molecule has 3 aromatic heterocycles. The number of halogens is 1. The maximum Gasteiger partial charge on any atom is 0.257 e. The second-order valence-corrected chi connectivity index (χ2v) is 9.21. The number of aryl methyl sites for hydroxylation is 1. The van der Waals surface area contributed by atoms with Gasteiger partial charge in [0.1, 0.15) is 5.69 Å². The Hall–Kier alpha value is -2.20. The third kappa shape index (κ3) is 3.39. The van der Waals surface area contributed by atoms with Crippen LogP contribution < -0.4 is 10.1 Å². The van der Waals surface area contributed by atoms with Gasteiger partial charge in [-0.2, -0.15) is 10.1 Å². The standard InChI is InChI=1S/C19H19B3ClN7O2/c20-19(21,22)13-12-16(28-30(13)10-2-7-32-18(8-10)3-4-18)31-6-1-5-29-15-11(14(23)27-29)9-24-17(25-12)26-15/h9-10H,1-8H2,(H,24,25,26)/t10-/m1/s1. The molecule has 0 unspecified atom stereocenters. The van der Waals surface area contributed by atoms with E-state index in [0.29, 0.717) is 65.6 Å². The smallest absolute Gasteiger partial charge is 0.257 e. The zero-order chi connectivity index (χ0) is 22.1. The molecule has 1 saturated carbocycles. The molecule has 1 spiro atoms. The first-order chi connectivity index (χ1) is 15.3. The van der Waals surface area contributed by atoms with Crippen molar-refractivity contribution >= 4 is 57.8 Å². The molecule has 5 heterocycles. The minimum absolute atomic E-state index is 0.0470. The highest BCUT2D eigenvalue weighted by Crippen LogP contribution is 2.50. The molecular weight excluding hydrogens is 426 g/mol. The predicted molar refractivity (Wildman–Crippen MR) is 121 cm³/mol. The Morgan fingerprint density at radius 1 is 1.22 bits per heavy atom. The molecule has 2 bridgehead atoms. The first-order valence-corrected chi connectivity index (χ1v) is 11.1. The number of nitrogens with zero attached hydrogens (tertiary/aromatic N) is 6. The van der Waals surface area contributed by atoms with Gasteiger partial charge in [-0.15, -0.1) is 5.10 Å². The molecule has 1 atom stereocenters. The maximum atomic E-state index is 6.25. The monoisotopic (exact) mass is 445 g/mol. The van der Waals surface area contributed by atoms with Crippen LogP contribution in [0.5, 0.6) is 5.88 Å². The molecule has 13 heteroatoms. The SMILES string of the molecule is [B]C([B])([B])c1c2c(nn1[C@@H]1CCOC3(CC3)C1)OCCCn1nc(Cl)c3cnc(nc31)N2. The molecule has 1 saturated heterocycles. The normalized spacial score (nSPS) is 22.2. The Balaban J connectivity index is 1.47. The second-order valence-electron chi connectivity index (χ2n) is 8.86. The molecule has 3 aliphatic rings. The van der Waals surface area contributed by atoms with Crippen LogP contribution in [-0.2, 0) is 16.4 Å². The molecule has 6 radical (unpaired) electrons. The van der Waals surface area contributed by atoms with E-state index in [1.165, 1.54) is 0 Å². The van der Waals surface area contributed by atoms with Crippen LogP contribution in [0.1, 0.15) is 43.8 Å². The van der Waals surface area contributed by atoms with Gasteiger partial charge in [-0.05, 0) is 25.7 Å². The molecule has 1 aliphatic carbocycles. The number of rotatable bonds is 2. The summed E-state index contributed by atoms with van der Waals surface area (Å²) in [5.41, 5.74) is 1.47. The molecule has 0 aromatic carbocycles. The minimum Gasteiger partial charge on any atom is -0.475 e. The maximum absolute atomic E-state index is 6.25. The van der Waals surface area contributed by atoms with E-state index in [2.05, 4.69) is 20.4 Å². The van der Waals surface area contributed by atoms with Gasteiger partial charge in [-0.1, -0.05) is 16.7 Å². The Morgan fingerprint density at radius 3 is 2.84 bits per heavy atom. The summed E-state index contributed by atoms with van der Waals surface area (Å²) in [4.78, 5) is 9.01. The van der Waals surface area contributed by atoms with Crippen molar-refractivity contribution in [1.29, 1.82) is 0 Å². The summed E-state index contributed by atoms with van der Waals surface area (Å²) in [5, 5.41) is 11.7. The number of hydrogen-bond acceptors (Lipinski definition) is 7. The summed E-state index contributed by atoms with van der Waals surface area (Å²) in [7, 11) is 18.7. The van der Waals surface area contributed by atoms with E-state index in [9.17, 15) is 0 Å². The number of ether oxygens (including phenoxy) is 2. The molecule has 9 nitrogen and oxygen atoms in total. The largest absolute Gasteiger partial charge is 0.475 e. The van der Waals surface area contributed by atoms with Crippen molar-refractivity contribution in [3.8, 4) is 5.88 Å². The van der Waals surface area contributed by atoms with Gasteiger partial charge in [0, 0.05) is 31.5 Å². The van der Waals surface area contributed by atoms with Crippen LogP contribution >= 0.6 is 11.6 Å². The molecule has 32 heavy (non-hydrogen) atoms. The van der Waals surface area contributed by atoms with Gasteiger partial charge >= 0.3 is 0 Å². The Morgan fingerprint density at radius 2 is 2.06 bits per heavy atom. The van der Waals surface area contributed by atoms with Gasteiger partial charge in [0.05, 0.1) is 47.2 Å². The van der Waals surface area contributed by atoms with Gasteiger partial charge in [0.2, 0.25) is 5.95 Å². The Kier molecular flexibility index (Phi) is 4.56. The van der Waals surface area contributed by atoms with E-state index in [1.807, 2.05) is 4.68 Å². The lowest BCUT2D eigenvalue weighted by atomic mass is 9.41. The number of nitrogens with one attached hydrogen (secondary N) is 1. The second kappa shape index (κ2) is 7.15. The third-order valence-electron chi connectivity index (χ3n) is 6.34. The van der Waals surface area contributed by atoms with Crippen LogP contribution in [0.3, 0.4) is 0 Å². The average molecular weight is 445 g/mol. The van der Waals surface area contributed by atoms with Crippen LogP contribution in [0.4, 0.5) is 11.6 Å². The molecule has 158 valence electrons. The summed E-state index contributed by atoms with van der Waals surface area (Å²) >= 11 is 6.25. The molecule has 6 rings (SSSR count). The first-order valence-electron chi connectivity index (χ1n) is 10.8. The highest BCUT2D eigenvalue weighted by Gasteiger charge is 2.49. The first kappa shape index (κ1) is 20.4. The van der Waals surface area contributed by atoms with Crippen molar-refractivity contribution in [2.75, 3.05) is 18.5 Å². The van der Waals surface area contributed by atoms with Crippen molar-refractivity contribution < 1.29 is 9.47 Å². The molecular formula is C19H19B3ClN7O2. The van der Waals surface area contributed by atoms with E-state index in [-0.39, 0.29) is 11.6 Å². The van der Waals surface area contributed by atoms with Crippen molar-refractivity contribution in [2.45, 2.75) is 55.4 Å². The molecule has 0 amide bonds. The van der Waals surface area contributed by atoms with E-state index < -0.39 is 5.11 Å². The zero-order valence-corrected chi connectivity index (χ0v) is 18.2. The van der Waals surface area contributed by atoms with Crippen molar-refractivity contribution in [3.05, 3.63) is 17.0 Å². The molecule has 2 fully saturated rings. The average Bonchev–Trinajstić information content (AvgIpc) is 3.26. The van der Waals surface area contributed by atoms with Crippen molar-refractivity contribution in [3.63, 3.8) is 0 Å². The van der Waals surface area contributed by atoms with E-state index in [4.69, 9.17) is 49.7 Å². The number of aromatic nitrogens is 6. The lowest BCUT2D eigenvalue weighted by molar-refractivity contribution is -0.0275. The fourth-order valence-electron chi connectivity index (χ4n) is 4.64.